The summed E-state index contributed by atoms with van der Waals surface area (Å²) in [4.78, 5) is 28.9. The first-order valence-electron chi connectivity index (χ1n) is 10.5. The quantitative estimate of drug-likeness (QED) is 0.619. The fourth-order valence-corrected chi connectivity index (χ4v) is 5.17. The summed E-state index contributed by atoms with van der Waals surface area (Å²) in [6.45, 7) is 1.85. The number of piperazine rings is 1. The number of pyridine rings is 1. The molecule has 2 aliphatic heterocycles. The van der Waals surface area contributed by atoms with Crippen molar-refractivity contribution in [3.8, 4) is 16.8 Å². The van der Waals surface area contributed by atoms with Crippen molar-refractivity contribution in [1.82, 2.24) is 19.9 Å². The number of nitrogens with zero attached hydrogens (tertiary/aromatic N) is 5. The Balaban J connectivity index is 1.42. The van der Waals surface area contributed by atoms with Crippen LogP contribution in [0.3, 0.4) is 0 Å². The van der Waals surface area contributed by atoms with Gasteiger partial charge in [0.1, 0.15) is 16.7 Å². The third-order valence-corrected chi connectivity index (χ3v) is 6.79. The predicted octanol–water partition coefficient (Wildman–Crippen LogP) is 3.15. The lowest BCUT2D eigenvalue weighted by Gasteiger charge is -2.35. The number of carbonyl (C=O) groups excluding carboxylic acids is 1. The molecule has 3 aromatic rings. The Bertz CT molecular complexity index is 1210. The zero-order chi connectivity index (χ0) is 22.9. The molecule has 2 aliphatic rings. The number of H-pyrrole nitrogens is 1. The second kappa shape index (κ2) is 8.92. The molecule has 0 unspecified atom stereocenters. The second-order valence-corrected chi connectivity index (χ2v) is 8.76. The highest BCUT2D eigenvalue weighted by molar-refractivity contribution is 7.15. The summed E-state index contributed by atoms with van der Waals surface area (Å²) in [6.07, 6.45) is -1.01. The smallest absolute Gasteiger partial charge is 0.410 e. The Morgan fingerprint density at radius 1 is 1.36 bits per heavy atom. The van der Waals surface area contributed by atoms with Gasteiger partial charge in [-0.3, -0.25) is 0 Å². The van der Waals surface area contributed by atoms with Crippen LogP contribution in [0.1, 0.15) is 16.1 Å². The first kappa shape index (κ1) is 21.5. The van der Waals surface area contributed by atoms with Crippen molar-refractivity contribution >= 4 is 34.2 Å². The maximum Gasteiger partial charge on any atom is 0.410 e. The van der Waals surface area contributed by atoms with Gasteiger partial charge in [-0.05, 0) is 6.07 Å². The van der Waals surface area contributed by atoms with E-state index in [0.29, 0.717) is 61.7 Å². The predicted molar refractivity (Wildman–Crippen MR) is 116 cm³/mol. The van der Waals surface area contributed by atoms with Gasteiger partial charge in [0, 0.05) is 38.8 Å². The van der Waals surface area contributed by atoms with Crippen LogP contribution in [-0.2, 0) is 22.5 Å². The molecule has 0 aliphatic carbocycles. The van der Waals surface area contributed by atoms with E-state index in [1.807, 2.05) is 6.07 Å². The van der Waals surface area contributed by atoms with Crippen LogP contribution >= 0.6 is 11.3 Å². The van der Waals surface area contributed by atoms with Gasteiger partial charge in [-0.2, -0.15) is 5.26 Å². The standard InChI is InChI=1S/C21H20F2N6O3S/c22-16(23)11-32-21(30)29-6-4-28(5-7-29)14-1-3-25-19-17(14)12(9-24)18(27-19)20-26-13-2-8-31-10-15(13)33-20/h1,3,16H,2,4-8,10-11H2,(H,25,27). The molecule has 5 heterocycles. The second-order valence-electron chi connectivity index (χ2n) is 7.67. The molecule has 0 saturated carbocycles. The first-order chi connectivity index (χ1) is 16.0. The van der Waals surface area contributed by atoms with Crippen LogP contribution in [0.25, 0.3) is 21.7 Å². The van der Waals surface area contributed by atoms with Crippen LogP contribution < -0.4 is 4.90 Å². The van der Waals surface area contributed by atoms with Gasteiger partial charge in [-0.25, -0.2) is 23.5 Å². The van der Waals surface area contributed by atoms with Gasteiger partial charge in [0.15, 0.2) is 6.61 Å². The maximum atomic E-state index is 12.3. The van der Waals surface area contributed by atoms with Crippen molar-refractivity contribution in [3.63, 3.8) is 0 Å². The van der Waals surface area contributed by atoms with Crippen molar-refractivity contribution in [2.75, 3.05) is 44.3 Å². The molecule has 12 heteroatoms. The summed E-state index contributed by atoms with van der Waals surface area (Å²) in [6, 6.07) is 4.15. The maximum absolute atomic E-state index is 12.3. The zero-order valence-corrected chi connectivity index (χ0v) is 18.3. The molecule has 0 aromatic carbocycles. The first-order valence-corrected chi connectivity index (χ1v) is 11.3. The number of amides is 1. The van der Waals surface area contributed by atoms with Crippen LogP contribution in [0, 0.1) is 11.3 Å². The highest BCUT2D eigenvalue weighted by atomic mass is 32.1. The number of ether oxygens (including phenoxy) is 2. The van der Waals surface area contributed by atoms with E-state index in [1.54, 1.807) is 6.20 Å². The summed E-state index contributed by atoms with van der Waals surface area (Å²) < 4.78 is 34.8. The molecule has 1 amide bonds. The topological polar surface area (TPSA) is 107 Å². The van der Waals surface area contributed by atoms with Gasteiger partial charge in [0.25, 0.3) is 6.43 Å². The van der Waals surface area contributed by atoms with E-state index in [-0.39, 0.29) is 0 Å². The number of thiazole rings is 1. The van der Waals surface area contributed by atoms with Crippen LogP contribution in [0.5, 0.6) is 0 Å². The largest absolute Gasteiger partial charge is 0.443 e. The van der Waals surface area contributed by atoms with Crippen molar-refractivity contribution < 1.29 is 23.0 Å². The molecule has 0 bridgehead atoms. The molecule has 0 atom stereocenters. The third-order valence-electron chi connectivity index (χ3n) is 5.70. The van der Waals surface area contributed by atoms with Crippen molar-refractivity contribution in [3.05, 3.63) is 28.4 Å². The Morgan fingerprint density at radius 2 is 2.18 bits per heavy atom. The Labute approximate surface area is 191 Å². The van der Waals surface area contributed by atoms with Crippen LogP contribution in [0.2, 0.25) is 0 Å². The zero-order valence-electron chi connectivity index (χ0n) is 17.5. The van der Waals surface area contributed by atoms with Gasteiger partial charge in [0.2, 0.25) is 0 Å². The summed E-state index contributed by atoms with van der Waals surface area (Å²) in [7, 11) is 0. The lowest BCUT2D eigenvalue weighted by atomic mass is 10.1. The van der Waals surface area contributed by atoms with E-state index in [1.165, 1.54) is 16.2 Å². The fourth-order valence-electron chi connectivity index (χ4n) is 4.12. The van der Waals surface area contributed by atoms with Gasteiger partial charge < -0.3 is 24.3 Å². The van der Waals surface area contributed by atoms with Crippen molar-refractivity contribution in [1.29, 1.82) is 5.26 Å². The molecule has 9 nitrogen and oxygen atoms in total. The Hall–Kier alpha value is -3.30. The Kier molecular flexibility index (Phi) is 5.82. The van der Waals surface area contributed by atoms with Gasteiger partial charge in [-0.1, -0.05) is 0 Å². The third kappa shape index (κ3) is 4.09. The number of anilines is 1. The van der Waals surface area contributed by atoms with E-state index in [2.05, 4.69) is 25.7 Å². The molecule has 0 radical (unpaired) electrons. The number of carbonyl (C=O) groups is 1. The van der Waals surface area contributed by atoms with Crippen molar-refractivity contribution in [2.45, 2.75) is 19.5 Å². The summed E-state index contributed by atoms with van der Waals surface area (Å²) in [5, 5.41) is 11.5. The van der Waals surface area contributed by atoms with E-state index < -0.39 is 19.1 Å². The fraction of sp³-hybridized carbons (Fsp3) is 0.429. The Morgan fingerprint density at radius 3 is 2.91 bits per heavy atom. The number of nitrogens with one attached hydrogen (secondary N) is 1. The highest BCUT2D eigenvalue weighted by Crippen LogP contribution is 2.38. The molecule has 0 spiro atoms. The number of aromatic nitrogens is 3. The van der Waals surface area contributed by atoms with E-state index >= 15 is 0 Å². The molecular weight excluding hydrogens is 454 g/mol. The summed E-state index contributed by atoms with van der Waals surface area (Å²) >= 11 is 1.51. The van der Waals surface area contributed by atoms with Gasteiger partial charge in [0.05, 0.1) is 46.1 Å². The molecule has 1 N–H and O–H groups in total. The van der Waals surface area contributed by atoms with Crippen LogP contribution in [0.4, 0.5) is 19.3 Å². The number of hydrogen-bond donors (Lipinski definition) is 1. The lowest BCUT2D eigenvalue weighted by molar-refractivity contribution is 0.0311. The van der Waals surface area contributed by atoms with Crippen molar-refractivity contribution in [2.24, 2.45) is 0 Å². The van der Waals surface area contributed by atoms with Crippen LogP contribution in [-0.4, -0.2) is 71.8 Å². The number of nitriles is 1. The molecule has 33 heavy (non-hydrogen) atoms. The van der Waals surface area contributed by atoms with E-state index in [0.717, 1.165) is 27.7 Å². The van der Waals surface area contributed by atoms with E-state index in [4.69, 9.17) is 9.72 Å². The molecule has 5 rings (SSSR count). The van der Waals surface area contributed by atoms with Gasteiger partial charge >= 0.3 is 6.09 Å². The van der Waals surface area contributed by atoms with E-state index in [9.17, 15) is 18.8 Å². The lowest BCUT2D eigenvalue weighted by Crippen LogP contribution is -2.49. The minimum absolute atomic E-state index is 0.324. The number of alkyl halides is 2. The molecule has 172 valence electrons. The number of hydrogen-bond acceptors (Lipinski definition) is 8. The van der Waals surface area contributed by atoms with Crippen LogP contribution in [0.15, 0.2) is 12.3 Å². The number of halogens is 2. The SMILES string of the molecule is N#Cc1c(-c2nc3c(s2)COCC3)[nH]c2nccc(N3CCN(C(=O)OCC(F)F)CC3)c12. The molecule has 1 saturated heterocycles. The summed E-state index contributed by atoms with van der Waals surface area (Å²) in [5.41, 5.74) is 3.53. The highest BCUT2D eigenvalue weighted by Gasteiger charge is 2.27. The summed E-state index contributed by atoms with van der Waals surface area (Å²) in [5.74, 6) is 0. The molecule has 3 aromatic heterocycles. The molecular formula is C21H20F2N6O3S. The number of rotatable bonds is 4. The average Bonchev–Trinajstić information content (AvgIpc) is 3.43. The minimum Gasteiger partial charge on any atom is -0.443 e. The number of aromatic amines is 1. The molecule has 1 fully saturated rings. The monoisotopic (exact) mass is 474 g/mol. The number of fused-ring (bicyclic) bond motifs is 2. The minimum atomic E-state index is -2.69. The normalized spacial score (nSPS) is 16.2. The average molecular weight is 474 g/mol. The van der Waals surface area contributed by atoms with Gasteiger partial charge in [-0.15, -0.1) is 11.3 Å².